The largest absolute Gasteiger partial charge is 0.548 e. The fraction of sp³-hybridized carbons (Fsp3) is 0.353. The maximum absolute atomic E-state index is 12.2. The van der Waals surface area contributed by atoms with Gasteiger partial charge in [-0.2, -0.15) is 0 Å². The van der Waals surface area contributed by atoms with Crippen molar-refractivity contribution in [3.63, 3.8) is 0 Å². The fourth-order valence-electron chi connectivity index (χ4n) is 2.51. The summed E-state index contributed by atoms with van der Waals surface area (Å²) in [5.74, 6) is -1.47. The van der Waals surface area contributed by atoms with Gasteiger partial charge in [0.2, 0.25) is 5.91 Å². The van der Waals surface area contributed by atoms with Crippen molar-refractivity contribution >= 4 is 22.8 Å². The van der Waals surface area contributed by atoms with Gasteiger partial charge in [0, 0.05) is 0 Å². The Bertz CT molecular complexity index is 867. The number of benzene rings is 1. The van der Waals surface area contributed by atoms with Crippen LogP contribution in [0.3, 0.4) is 0 Å². The first kappa shape index (κ1) is 17.5. The maximum atomic E-state index is 12.2. The van der Waals surface area contributed by atoms with Gasteiger partial charge in [-0.05, 0) is 44.0 Å². The lowest BCUT2D eigenvalue weighted by atomic mass is 10.0. The van der Waals surface area contributed by atoms with Crippen molar-refractivity contribution in [3.8, 4) is 5.75 Å². The average molecular weight is 332 g/mol. The normalized spacial score (nSPS) is 12.0. The van der Waals surface area contributed by atoms with E-state index in [9.17, 15) is 19.5 Å². The zero-order valence-corrected chi connectivity index (χ0v) is 13.9. The molecule has 0 radical (unpaired) electrons. The van der Waals surface area contributed by atoms with Crippen molar-refractivity contribution in [1.82, 2.24) is 5.32 Å². The highest BCUT2D eigenvalue weighted by atomic mass is 16.5. The van der Waals surface area contributed by atoms with E-state index < -0.39 is 23.5 Å². The number of carbonyl (C=O) groups is 2. The van der Waals surface area contributed by atoms with Gasteiger partial charge in [0.15, 0.2) is 0 Å². The van der Waals surface area contributed by atoms with Gasteiger partial charge in [0.1, 0.15) is 11.3 Å². The molecule has 1 aromatic carbocycles. The van der Waals surface area contributed by atoms with E-state index in [2.05, 4.69) is 5.32 Å². The van der Waals surface area contributed by atoms with Crippen LogP contribution in [0, 0.1) is 13.8 Å². The standard InChI is InChI=1S/C17H19NO6/c1-8-5-12(23-4)15-9(2)11(17(22)24-13(15)6-8)7-14(19)18-10(3)16(20)21/h5-6,10H,7H2,1-4H3,(H,18,19)(H,20,21)/p-1/t10-/m0/s1. The molecule has 0 aliphatic heterocycles. The fourth-order valence-corrected chi connectivity index (χ4v) is 2.51. The minimum absolute atomic E-state index is 0.160. The first-order valence-corrected chi connectivity index (χ1v) is 7.35. The van der Waals surface area contributed by atoms with E-state index in [0.29, 0.717) is 22.3 Å². The highest BCUT2D eigenvalue weighted by Crippen LogP contribution is 2.30. The number of ether oxygens (including phenoxy) is 1. The number of carboxylic acid groups (broad SMARTS) is 1. The molecule has 1 atom stereocenters. The Labute approximate surface area is 138 Å². The van der Waals surface area contributed by atoms with Crippen LogP contribution in [-0.2, 0) is 16.0 Å². The Hall–Kier alpha value is -2.83. The van der Waals surface area contributed by atoms with Crippen LogP contribution in [0.1, 0.15) is 23.6 Å². The van der Waals surface area contributed by atoms with E-state index in [4.69, 9.17) is 9.15 Å². The van der Waals surface area contributed by atoms with E-state index >= 15 is 0 Å². The molecule has 2 aromatic rings. The Morgan fingerprint density at radius 2 is 2.00 bits per heavy atom. The molecular weight excluding hydrogens is 314 g/mol. The molecule has 0 aliphatic carbocycles. The Balaban J connectivity index is 2.48. The van der Waals surface area contributed by atoms with Crippen molar-refractivity contribution in [1.29, 1.82) is 0 Å². The summed E-state index contributed by atoms with van der Waals surface area (Å²) in [7, 11) is 1.51. The minimum atomic E-state index is -1.40. The quantitative estimate of drug-likeness (QED) is 0.784. The van der Waals surface area contributed by atoms with Crippen LogP contribution in [0.25, 0.3) is 11.0 Å². The van der Waals surface area contributed by atoms with Gasteiger partial charge in [-0.3, -0.25) is 4.79 Å². The SMILES string of the molecule is COc1cc(C)cc2oc(=O)c(CC(=O)N[C@@H](C)C(=O)[O-])c(C)c12. The number of rotatable bonds is 5. The van der Waals surface area contributed by atoms with Crippen LogP contribution in [0.4, 0.5) is 0 Å². The van der Waals surface area contributed by atoms with Crippen LogP contribution in [0.5, 0.6) is 5.75 Å². The first-order valence-electron chi connectivity index (χ1n) is 7.35. The summed E-state index contributed by atoms with van der Waals surface area (Å²) in [6.45, 7) is 4.83. The second kappa shape index (κ2) is 6.74. The van der Waals surface area contributed by atoms with Gasteiger partial charge in [-0.1, -0.05) is 0 Å². The summed E-state index contributed by atoms with van der Waals surface area (Å²) in [4.78, 5) is 34.9. The molecule has 2 rings (SSSR count). The summed E-state index contributed by atoms with van der Waals surface area (Å²) < 4.78 is 10.6. The van der Waals surface area contributed by atoms with Crippen molar-refractivity contribution in [3.05, 3.63) is 39.2 Å². The predicted octanol–water partition coefficient (Wildman–Crippen LogP) is 0.216. The van der Waals surface area contributed by atoms with E-state index in [-0.39, 0.29) is 12.0 Å². The monoisotopic (exact) mass is 332 g/mol. The number of carbonyl (C=O) groups excluding carboxylic acids is 2. The molecule has 0 unspecified atom stereocenters. The molecule has 0 spiro atoms. The lowest BCUT2D eigenvalue weighted by Gasteiger charge is -2.15. The van der Waals surface area contributed by atoms with Crippen molar-refractivity contribution < 1.29 is 23.8 Å². The molecule has 0 saturated carbocycles. The number of amides is 1. The number of aliphatic carboxylic acids is 1. The van der Waals surface area contributed by atoms with Crippen LogP contribution in [-0.4, -0.2) is 25.0 Å². The van der Waals surface area contributed by atoms with Crippen molar-refractivity contribution in [2.45, 2.75) is 33.2 Å². The number of carboxylic acids is 1. The topological polar surface area (TPSA) is 109 Å². The smallest absolute Gasteiger partial charge is 0.340 e. The van der Waals surface area contributed by atoms with Gasteiger partial charge < -0.3 is 24.4 Å². The molecular formula is C17H18NO6-. The molecule has 128 valence electrons. The zero-order chi connectivity index (χ0) is 18.0. The van der Waals surface area contributed by atoms with E-state index in [1.807, 2.05) is 6.92 Å². The number of fused-ring (bicyclic) bond motifs is 1. The summed E-state index contributed by atoms with van der Waals surface area (Å²) >= 11 is 0. The predicted molar refractivity (Wildman–Crippen MR) is 84.8 cm³/mol. The van der Waals surface area contributed by atoms with Gasteiger partial charge in [0.25, 0.3) is 0 Å². The number of hydrogen-bond acceptors (Lipinski definition) is 6. The van der Waals surface area contributed by atoms with Crippen LogP contribution in [0.2, 0.25) is 0 Å². The molecule has 24 heavy (non-hydrogen) atoms. The average Bonchev–Trinajstić information content (AvgIpc) is 2.49. The molecule has 0 aliphatic rings. The van der Waals surface area contributed by atoms with E-state index in [0.717, 1.165) is 5.56 Å². The van der Waals surface area contributed by atoms with Crippen LogP contribution < -0.4 is 20.8 Å². The highest BCUT2D eigenvalue weighted by molar-refractivity contribution is 5.90. The lowest BCUT2D eigenvalue weighted by Crippen LogP contribution is -2.46. The molecule has 1 heterocycles. The molecule has 1 N–H and O–H groups in total. The van der Waals surface area contributed by atoms with E-state index in [1.54, 1.807) is 19.1 Å². The van der Waals surface area contributed by atoms with Crippen LogP contribution in [0.15, 0.2) is 21.3 Å². The maximum Gasteiger partial charge on any atom is 0.340 e. The highest BCUT2D eigenvalue weighted by Gasteiger charge is 2.18. The Morgan fingerprint density at radius 1 is 1.33 bits per heavy atom. The second-order valence-electron chi connectivity index (χ2n) is 5.62. The summed E-state index contributed by atoms with van der Waals surface area (Å²) in [6, 6.07) is 2.37. The van der Waals surface area contributed by atoms with Gasteiger partial charge in [-0.25, -0.2) is 4.79 Å². The van der Waals surface area contributed by atoms with E-state index in [1.165, 1.54) is 14.0 Å². The molecule has 1 amide bonds. The third-order valence-corrected chi connectivity index (χ3v) is 3.78. The first-order chi connectivity index (χ1) is 11.2. The molecule has 7 nitrogen and oxygen atoms in total. The zero-order valence-electron chi connectivity index (χ0n) is 13.9. The Kier molecular flexibility index (Phi) is 4.92. The van der Waals surface area contributed by atoms with Crippen molar-refractivity contribution in [2.75, 3.05) is 7.11 Å². The van der Waals surface area contributed by atoms with Gasteiger partial charge in [0.05, 0.1) is 36.5 Å². The third-order valence-electron chi connectivity index (χ3n) is 3.78. The number of aryl methyl sites for hydroxylation is 2. The van der Waals surface area contributed by atoms with Crippen LogP contribution >= 0.6 is 0 Å². The number of nitrogens with one attached hydrogen (secondary N) is 1. The molecule has 0 fully saturated rings. The summed E-state index contributed by atoms with van der Waals surface area (Å²) in [6.07, 6.45) is -0.293. The molecule has 7 heteroatoms. The number of hydrogen-bond donors (Lipinski definition) is 1. The Morgan fingerprint density at radius 3 is 2.58 bits per heavy atom. The van der Waals surface area contributed by atoms with Crippen molar-refractivity contribution in [2.24, 2.45) is 0 Å². The molecule has 0 saturated heterocycles. The van der Waals surface area contributed by atoms with Gasteiger partial charge >= 0.3 is 5.63 Å². The minimum Gasteiger partial charge on any atom is -0.548 e. The molecule has 1 aromatic heterocycles. The van der Waals surface area contributed by atoms with Gasteiger partial charge in [-0.15, -0.1) is 0 Å². The second-order valence-corrected chi connectivity index (χ2v) is 5.62. The lowest BCUT2D eigenvalue weighted by molar-refractivity contribution is -0.307. The molecule has 0 bridgehead atoms. The third kappa shape index (κ3) is 3.40. The summed E-state index contributed by atoms with van der Waals surface area (Å²) in [5.41, 5.74) is 1.34. The summed E-state index contributed by atoms with van der Waals surface area (Å²) in [5, 5.41) is 13.6. The number of methoxy groups -OCH3 is 1.